The van der Waals surface area contributed by atoms with Gasteiger partial charge in [-0.05, 0) is 33.3 Å². The van der Waals surface area contributed by atoms with Crippen LogP contribution in [-0.2, 0) is 7.05 Å². The Morgan fingerprint density at radius 3 is 2.21 bits per heavy atom. The Morgan fingerprint density at radius 1 is 1.05 bits per heavy atom. The Labute approximate surface area is 115 Å². The maximum Gasteiger partial charge on any atom is 0.0644 e. The summed E-state index contributed by atoms with van der Waals surface area (Å²) in [5, 5.41) is 8.14. The summed E-state index contributed by atoms with van der Waals surface area (Å²) in [6.45, 7) is 8.61. The molecule has 0 bridgehead atoms. The molecular formula is C16H23N3. The van der Waals surface area contributed by atoms with Gasteiger partial charge in [0.05, 0.1) is 5.69 Å². The molecule has 0 spiro atoms. The summed E-state index contributed by atoms with van der Waals surface area (Å²) in [6.07, 6.45) is 0. The third-order valence-corrected chi connectivity index (χ3v) is 3.80. The van der Waals surface area contributed by atoms with Crippen LogP contribution in [0.4, 0.5) is 0 Å². The van der Waals surface area contributed by atoms with E-state index in [2.05, 4.69) is 68.4 Å². The molecule has 3 nitrogen and oxygen atoms in total. The molecular weight excluding hydrogens is 234 g/mol. The minimum absolute atomic E-state index is 0.295. The minimum atomic E-state index is 0.295. The van der Waals surface area contributed by atoms with Crippen molar-refractivity contribution in [3.63, 3.8) is 0 Å². The number of nitrogens with zero attached hydrogens (tertiary/aromatic N) is 2. The lowest BCUT2D eigenvalue weighted by atomic mass is 10.0. The molecule has 1 unspecified atom stereocenters. The van der Waals surface area contributed by atoms with Gasteiger partial charge in [-0.1, -0.05) is 30.3 Å². The van der Waals surface area contributed by atoms with E-state index in [1.807, 2.05) is 11.7 Å². The fraction of sp³-hybridized carbons (Fsp3) is 0.438. The van der Waals surface area contributed by atoms with Gasteiger partial charge in [-0.2, -0.15) is 5.10 Å². The zero-order chi connectivity index (χ0) is 14.0. The van der Waals surface area contributed by atoms with Crippen molar-refractivity contribution in [1.82, 2.24) is 15.1 Å². The van der Waals surface area contributed by atoms with Crippen molar-refractivity contribution < 1.29 is 0 Å². The molecule has 0 radical (unpaired) electrons. The van der Waals surface area contributed by atoms with E-state index < -0.39 is 0 Å². The normalized spacial score (nSPS) is 14.4. The fourth-order valence-electron chi connectivity index (χ4n) is 2.71. The Morgan fingerprint density at radius 2 is 1.68 bits per heavy atom. The van der Waals surface area contributed by atoms with Crippen molar-refractivity contribution in [2.45, 2.75) is 39.8 Å². The van der Waals surface area contributed by atoms with E-state index in [9.17, 15) is 0 Å². The second kappa shape index (κ2) is 5.57. The summed E-state index contributed by atoms with van der Waals surface area (Å²) in [7, 11) is 2.00. The maximum atomic E-state index is 4.49. The van der Waals surface area contributed by atoms with E-state index in [-0.39, 0.29) is 0 Å². The molecule has 0 saturated heterocycles. The zero-order valence-corrected chi connectivity index (χ0v) is 12.4. The first-order valence-electron chi connectivity index (χ1n) is 6.81. The van der Waals surface area contributed by atoms with Crippen LogP contribution in [0.5, 0.6) is 0 Å². The van der Waals surface area contributed by atoms with Crippen LogP contribution in [-0.4, -0.2) is 9.78 Å². The lowest BCUT2D eigenvalue weighted by Crippen LogP contribution is -2.23. The first-order valence-corrected chi connectivity index (χ1v) is 6.81. The topological polar surface area (TPSA) is 29.9 Å². The predicted molar refractivity (Wildman–Crippen MR) is 79.1 cm³/mol. The molecule has 102 valence electrons. The van der Waals surface area contributed by atoms with Gasteiger partial charge in [-0.25, -0.2) is 0 Å². The second-order valence-corrected chi connectivity index (χ2v) is 5.23. The second-order valence-electron chi connectivity index (χ2n) is 5.23. The van der Waals surface area contributed by atoms with E-state index in [0.717, 1.165) is 5.69 Å². The van der Waals surface area contributed by atoms with Crippen LogP contribution in [0.1, 0.15) is 48.4 Å². The van der Waals surface area contributed by atoms with Crippen LogP contribution in [0.25, 0.3) is 0 Å². The van der Waals surface area contributed by atoms with E-state index >= 15 is 0 Å². The predicted octanol–water partition coefficient (Wildman–Crippen LogP) is 3.45. The molecule has 1 N–H and O–H groups in total. The summed E-state index contributed by atoms with van der Waals surface area (Å²) >= 11 is 0. The van der Waals surface area contributed by atoms with Crippen molar-refractivity contribution >= 4 is 0 Å². The number of aromatic nitrogens is 2. The lowest BCUT2D eigenvalue weighted by Gasteiger charge is -2.21. The average Bonchev–Trinajstić information content (AvgIpc) is 2.64. The van der Waals surface area contributed by atoms with Gasteiger partial charge >= 0.3 is 0 Å². The number of nitrogens with one attached hydrogen (secondary N) is 1. The summed E-state index contributed by atoms with van der Waals surface area (Å²) in [6, 6.07) is 11.2. The lowest BCUT2D eigenvalue weighted by molar-refractivity contribution is 0.491. The number of hydrogen-bond acceptors (Lipinski definition) is 2. The van der Waals surface area contributed by atoms with Gasteiger partial charge in [0.1, 0.15) is 0 Å². The highest BCUT2D eigenvalue weighted by molar-refractivity contribution is 5.28. The van der Waals surface area contributed by atoms with Crippen LogP contribution in [0.3, 0.4) is 0 Å². The van der Waals surface area contributed by atoms with Crippen LogP contribution < -0.4 is 5.32 Å². The zero-order valence-electron chi connectivity index (χ0n) is 12.4. The van der Waals surface area contributed by atoms with Gasteiger partial charge < -0.3 is 5.32 Å². The average molecular weight is 257 g/mol. The molecule has 19 heavy (non-hydrogen) atoms. The Balaban J connectivity index is 2.15. The van der Waals surface area contributed by atoms with E-state index in [1.54, 1.807) is 0 Å². The van der Waals surface area contributed by atoms with Crippen LogP contribution in [0.2, 0.25) is 0 Å². The summed E-state index contributed by atoms with van der Waals surface area (Å²) in [4.78, 5) is 0. The molecule has 0 aliphatic heterocycles. The van der Waals surface area contributed by atoms with Gasteiger partial charge in [-0.15, -0.1) is 0 Å². The Hall–Kier alpha value is -1.61. The van der Waals surface area contributed by atoms with Crippen molar-refractivity contribution in [2.24, 2.45) is 7.05 Å². The van der Waals surface area contributed by atoms with E-state index in [0.29, 0.717) is 12.1 Å². The maximum absolute atomic E-state index is 4.49. The third-order valence-electron chi connectivity index (χ3n) is 3.80. The van der Waals surface area contributed by atoms with Crippen molar-refractivity contribution in [3.05, 3.63) is 52.8 Å². The molecule has 2 rings (SSSR count). The van der Waals surface area contributed by atoms with E-state index in [1.165, 1.54) is 16.8 Å². The van der Waals surface area contributed by atoms with Gasteiger partial charge in [0.25, 0.3) is 0 Å². The molecule has 1 aromatic carbocycles. The van der Waals surface area contributed by atoms with Gasteiger partial charge in [0.2, 0.25) is 0 Å². The Bertz CT molecular complexity index is 543. The monoisotopic (exact) mass is 257 g/mol. The largest absolute Gasteiger partial charge is 0.304 e. The first-order chi connectivity index (χ1) is 9.00. The van der Waals surface area contributed by atoms with Gasteiger partial charge in [0, 0.05) is 30.4 Å². The van der Waals surface area contributed by atoms with Gasteiger partial charge in [0.15, 0.2) is 0 Å². The van der Waals surface area contributed by atoms with Crippen LogP contribution in [0, 0.1) is 13.8 Å². The molecule has 2 atom stereocenters. The third kappa shape index (κ3) is 2.87. The summed E-state index contributed by atoms with van der Waals surface area (Å²) < 4.78 is 1.95. The standard InChI is InChI=1S/C16H23N3/c1-11(15-9-7-6-8-10-15)17-12(2)16-13(3)18-19(5)14(16)4/h6-12,17H,1-5H3/t11-,12?/m1/s1. The SMILES string of the molecule is Cc1nn(C)c(C)c1C(C)N[C@H](C)c1ccccc1. The van der Waals surface area contributed by atoms with Crippen molar-refractivity contribution in [1.29, 1.82) is 0 Å². The fourth-order valence-corrected chi connectivity index (χ4v) is 2.71. The molecule has 0 amide bonds. The molecule has 0 aliphatic rings. The highest BCUT2D eigenvalue weighted by atomic mass is 15.3. The molecule has 0 fully saturated rings. The van der Waals surface area contributed by atoms with Crippen molar-refractivity contribution in [3.8, 4) is 0 Å². The summed E-state index contributed by atoms with van der Waals surface area (Å²) in [5.74, 6) is 0. The highest BCUT2D eigenvalue weighted by Gasteiger charge is 2.18. The minimum Gasteiger partial charge on any atom is -0.304 e. The molecule has 0 saturated carbocycles. The van der Waals surface area contributed by atoms with Crippen LogP contribution in [0.15, 0.2) is 30.3 Å². The molecule has 1 heterocycles. The number of benzene rings is 1. The smallest absolute Gasteiger partial charge is 0.0644 e. The number of hydrogen-bond donors (Lipinski definition) is 1. The van der Waals surface area contributed by atoms with Crippen molar-refractivity contribution in [2.75, 3.05) is 0 Å². The Kier molecular flexibility index (Phi) is 4.05. The van der Waals surface area contributed by atoms with Crippen LogP contribution >= 0.6 is 0 Å². The number of aryl methyl sites for hydroxylation is 2. The molecule has 0 aliphatic carbocycles. The quantitative estimate of drug-likeness (QED) is 0.909. The van der Waals surface area contributed by atoms with E-state index in [4.69, 9.17) is 0 Å². The number of rotatable bonds is 4. The van der Waals surface area contributed by atoms with Gasteiger partial charge in [-0.3, -0.25) is 4.68 Å². The molecule has 1 aromatic heterocycles. The highest BCUT2D eigenvalue weighted by Crippen LogP contribution is 2.24. The summed E-state index contributed by atoms with van der Waals surface area (Å²) in [5.41, 5.74) is 4.97. The molecule has 2 aromatic rings. The first kappa shape index (κ1) is 13.8. The molecule has 3 heteroatoms.